The number of hydrogen-bond acceptors (Lipinski definition) is 4. The van der Waals surface area contributed by atoms with Crippen LogP contribution in [0, 0.1) is 11.6 Å². The number of anilines is 1. The van der Waals surface area contributed by atoms with Gasteiger partial charge in [0.2, 0.25) is 0 Å². The fourth-order valence-corrected chi connectivity index (χ4v) is 4.68. The molecule has 0 spiro atoms. The zero-order valence-corrected chi connectivity index (χ0v) is 19.5. The Kier molecular flexibility index (Phi) is 6.57. The lowest BCUT2D eigenvalue weighted by atomic mass is 10.0. The maximum Gasteiger partial charge on any atom is 0.267 e. The lowest BCUT2D eigenvalue weighted by Crippen LogP contribution is -2.27. The number of nitrogens with one attached hydrogen (secondary N) is 1. The first-order valence-electron chi connectivity index (χ1n) is 11.7. The molecule has 2 aliphatic heterocycles. The molecule has 2 aliphatic rings. The van der Waals surface area contributed by atoms with Crippen molar-refractivity contribution in [3.8, 4) is 0 Å². The van der Waals surface area contributed by atoms with Crippen molar-refractivity contribution >= 4 is 11.5 Å². The van der Waals surface area contributed by atoms with Gasteiger partial charge in [-0.15, -0.1) is 0 Å². The average Bonchev–Trinajstić information content (AvgIpc) is 3.55. The molecule has 4 aromatic rings. The molecule has 0 saturated carbocycles. The molecule has 1 N–H and O–H groups in total. The molecule has 194 valence electrons. The summed E-state index contributed by atoms with van der Waals surface area (Å²) < 4.78 is 81.2. The summed E-state index contributed by atoms with van der Waals surface area (Å²) >= 11 is 0. The first kappa shape index (κ1) is 25.1. The minimum absolute atomic E-state index is 0.210. The van der Waals surface area contributed by atoms with E-state index in [9.17, 15) is 26.3 Å². The van der Waals surface area contributed by atoms with E-state index in [0.29, 0.717) is 22.6 Å². The summed E-state index contributed by atoms with van der Waals surface area (Å²) in [4.78, 5) is 5.91. The molecule has 2 saturated heterocycles. The SMILES string of the molecule is Fc1ccc([C@H]2CC(F)(F)CN2)cc1.Fc1cccc([C@H]2CC(F)(F)CN2c2ccn3nccc3n2)c1. The third-order valence-corrected chi connectivity index (χ3v) is 6.42. The molecule has 2 atom stereocenters. The predicted octanol–water partition coefficient (Wildman–Crippen LogP) is 5.95. The second-order valence-corrected chi connectivity index (χ2v) is 9.22. The van der Waals surface area contributed by atoms with Crippen LogP contribution in [-0.2, 0) is 0 Å². The number of rotatable bonds is 3. The number of benzene rings is 2. The first-order valence-corrected chi connectivity index (χ1v) is 11.7. The monoisotopic (exact) mass is 519 g/mol. The third-order valence-electron chi connectivity index (χ3n) is 6.42. The Labute approximate surface area is 208 Å². The molecule has 0 amide bonds. The van der Waals surface area contributed by atoms with Crippen molar-refractivity contribution in [1.82, 2.24) is 19.9 Å². The van der Waals surface area contributed by atoms with Gasteiger partial charge in [-0.3, -0.25) is 0 Å². The Bertz CT molecular complexity index is 1370. The molecule has 4 heterocycles. The Hall–Kier alpha value is -3.60. The van der Waals surface area contributed by atoms with Crippen LogP contribution in [0.25, 0.3) is 5.65 Å². The van der Waals surface area contributed by atoms with Crippen molar-refractivity contribution in [3.63, 3.8) is 0 Å². The van der Waals surface area contributed by atoms with Crippen LogP contribution in [0.5, 0.6) is 0 Å². The smallest absolute Gasteiger partial charge is 0.267 e. The van der Waals surface area contributed by atoms with Gasteiger partial charge in [-0.25, -0.2) is 35.8 Å². The summed E-state index contributed by atoms with van der Waals surface area (Å²) in [6.45, 7) is -0.736. The molecule has 2 fully saturated rings. The zero-order valence-electron chi connectivity index (χ0n) is 19.5. The molecular weight excluding hydrogens is 496 g/mol. The molecule has 0 aliphatic carbocycles. The summed E-state index contributed by atoms with van der Waals surface area (Å²) in [5.74, 6) is -5.83. The van der Waals surface area contributed by atoms with Crippen LogP contribution < -0.4 is 10.2 Å². The number of aromatic nitrogens is 3. The van der Waals surface area contributed by atoms with E-state index in [1.54, 1.807) is 35.1 Å². The van der Waals surface area contributed by atoms with E-state index in [1.807, 2.05) is 0 Å². The minimum atomic E-state index is -2.84. The van der Waals surface area contributed by atoms with Crippen molar-refractivity contribution in [2.24, 2.45) is 0 Å². The van der Waals surface area contributed by atoms with Crippen molar-refractivity contribution in [1.29, 1.82) is 0 Å². The summed E-state index contributed by atoms with van der Waals surface area (Å²) in [6.07, 6.45) is 2.70. The molecule has 0 radical (unpaired) electrons. The van der Waals surface area contributed by atoms with Crippen molar-refractivity contribution in [3.05, 3.63) is 95.8 Å². The van der Waals surface area contributed by atoms with Crippen LogP contribution in [-0.4, -0.2) is 39.5 Å². The predicted molar refractivity (Wildman–Crippen MR) is 126 cm³/mol. The highest BCUT2D eigenvalue weighted by atomic mass is 19.3. The van der Waals surface area contributed by atoms with Crippen molar-refractivity contribution in [2.45, 2.75) is 36.8 Å². The standard InChI is InChI=1S/C16H13F3N4.C10H10F3N/c17-12-3-1-2-11(8-12)13-9-16(18,19)10-22(13)14-5-7-23-15(21-14)4-6-20-23;11-8-3-1-7(2-4-8)9-5-10(12,13)6-14-9/h1-8,13H,9-10H2;1-4,9,14H,5-6H2/t13-;9-/m11/s1. The minimum Gasteiger partial charge on any atom is -0.343 e. The van der Waals surface area contributed by atoms with Crippen LogP contribution >= 0.6 is 0 Å². The van der Waals surface area contributed by atoms with Crippen molar-refractivity contribution in [2.75, 3.05) is 18.0 Å². The lowest BCUT2D eigenvalue weighted by molar-refractivity contribution is 0.0207. The molecule has 11 heteroatoms. The maximum atomic E-state index is 14.0. The highest BCUT2D eigenvalue weighted by molar-refractivity contribution is 5.50. The molecule has 6 rings (SSSR count). The summed E-state index contributed by atoms with van der Waals surface area (Å²) in [7, 11) is 0. The molecule has 0 unspecified atom stereocenters. The van der Waals surface area contributed by atoms with Gasteiger partial charge in [0.25, 0.3) is 11.8 Å². The summed E-state index contributed by atoms with van der Waals surface area (Å²) in [5.41, 5.74) is 1.82. The molecule has 2 aromatic carbocycles. The van der Waals surface area contributed by atoms with Gasteiger partial charge < -0.3 is 10.2 Å². The van der Waals surface area contributed by atoms with E-state index in [4.69, 9.17) is 0 Å². The largest absolute Gasteiger partial charge is 0.343 e. The normalized spacial score (nSPS) is 22.2. The first-order chi connectivity index (χ1) is 17.6. The van der Waals surface area contributed by atoms with E-state index in [0.717, 1.165) is 0 Å². The van der Waals surface area contributed by atoms with Crippen molar-refractivity contribution < 1.29 is 26.3 Å². The third kappa shape index (κ3) is 5.71. The van der Waals surface area contributed by atoms with E-state index in [2.05, 4.69) is 15.4 Å². The Morgan fingerprint density at radius 2 is 1.62 bits per heavy atom. The Morgan fingerprint density at radius 3 is 2.32 bits per heavy atom. The van der Waals surface area contributed by atoms with Gasteiger partial charge in [-0.1, -0.05) is 24.3 Å². The Balaban J connectivity index is 0.000000171. The van der Waals surface area contributed by atoms with E-state index >= 15 is 0 Å². The molecular formula is C26H23F6N5. The lowest BCUT2D eigenvalue weighted by Gasteiger charge is -2.25. The fraction of sp³-hybridized carbons (Fsp3) is 0.308. The summed E-state index contributed by atoms with van der Waals surface area (Å²) in [6, 6.07) is 13.8. The van der Waals surface area contributed by atoms with Crippen LogP contribution in [0.4, 0.5) is 32.2 Å². The Morgan fingerprint density at radius 1 is 0.838 bits per heavy atom. The second kappa shape index (κ2) is 9.70. The van der Waals surface area contributed by atoms with Gasteiger partial charge in [0, 0.05) is 31.1 Å². The van der Waals surface area contributed by atoms with Gasteiger partial charge in [-0.05, 0) is 41.5 Å². The highest BCUT2D eigenvalue weighted by Gasteiger charge is 2.46. The fourth-order valence-electron chi connectivity index (χ4n) is 4.68. The molecule has 37 heavy (non-hydrogen) atoms. The summed E-state index contributed by atoms with van der Waals surface area (Å²) in [5, 5.41) is 6.75. The number of halogens is 6. The van der Waals surface area contributed by atoms with Crippen LogP contribution in [0.1, 0.15) is 36.1 Å². The molecule has 5 nitrogen and oxygen atoms in total. The molecule has 2 aromatic heterocycles. The van der Waals surface area contributed by atoms with Gasteiger partial charge in [0.05, 0.1) is 25.3 Å². The number of hydrogen-bond donors (Lipinski definition) is 1. The topological polar surface area (TPSA) is 45.5 Å². The number of nitrogens with zero attached hydrogens (tertiary/aromatic N) is 4. The molecule has 0 bridgehead atoms. The van der Waals surface area contributed by atoms with Crippen LogP contribution in [0.15, 0.2) is 73.1 Å². The van der Waals surface area contributed by atoms with Gasteiger partial charge in [-0.2, -0.15) is 5.10 Å². The van der Waals surface area contributed by atoms with E-state index in [-0.39, 0.29) is 31.2 Å². The van der Waals surface area contributed by atoms with Gasteiger partial charge in [0.15, 0.2) is 5.65 Å². The maximum absolute atomic E-state index is 14.0. The number of alkyl halides is 4. The quantitative estimate of drug-likeness (QED) is 0.340. The van der Waals surface area contributed by atoms with E-state index < -0.39 is 30.2 Å². The second-order valence-electron chi connectivity index (χ2n) is 9.22. The van der Waals surface area contributed by atoms with Gasteiger partial charge >= 0.3 is 0 Å². The van der Waals surface area contributed by atoms with Crippen LogP contribution in [0.2, 0.25) is 0 Å². The average molecular weight is 519 g/mol. The van der Waals surface area contributed by atoms with Gasteiger partial charge in [0.1, 0.15) is 17.5 Å². The van der Waals surface area contributed by atoms with E-state index in [1.165, 1.54) is 47.4 Å². The number of fused-ring (bicyclic) bond motifs is 1. The zero-order chi connectivity index (χ0) is 26.2. The van der Waals surface area contributed by atoms with Crippen LogP contribution in [0.3, 0.4) is 0 Å². The highest BCUT2D eigenvalue weighted by Crippen LogP contribution is 2.43.